The SMILES string of the molecule is CCCCCCCCCCCCCCCCCC[N+](C)(C)CCCCCCCCCCCCCCCCCC(=O)[O-]. The van der Waals surface area contributed by atoms with Crippen molar-refractivity contribution in [1.29, 1.82) is 0 Å². The first-order valence-electron chi connectivity index (χ1n) is 19.0. The summed E-state index contributed by atoms with van der Waals surface area (Å²) in [6.45, 7) is 5.02. The summed E-state index contributed by atoms with van der Waals surface area (Å²) in [5.41, 5.74) is 0. The molecule has 0 unspecified atom stereocenters. The predicted molar refractivity (Wildman–Crippen MR) is 180 cm³/mol. The van der Waals surface area contributed by atoms with Crippen molar-refractivity contribution in [2.75, 3.05) is 27.2 Å². The number of quaternary nitrogens is 1. The third-order valence-electron chi connectivity index (χ3n) is 9.26. The van der Waals surface area contributed by atoms with Crippen molar-refractivity contribution in [2.24, 2.45) is 0 Å². The number of rotatable bonds is 35. The van der Waals surface area contributed by atoms with Gasteiger partial charge in [-0.15, -0.1) is 0 Å². The molecule has 0 aliphatic heterocycles. The smallest absolute Gasteiger partial charge is 0.0782 e. The Bertz CT molecular complexity index is 518. The molecule has 0 aliphatic rings. The maximum Gasteiger partial charge on any atom is 0.0782 e. The molecule has 3 heteroatoms. The Morgan fingerprint density at radius 2 is 0.610 bits per heavy atom. The number of carboxylic acids is 1. The Hall–Kier alpha value is -0.570. The van der Waals surface area contributed by atoms with E-state index in [1.807, 2.05) is 0 Å². The minimum absolute atomic E-state index is 0.233. The molecule has 0 radical (unpaired) electrons. The van der Waals surface area contributed by atoms with E-state index in [2.05, 4.69) is 21.0 Å². The van der Waals surface area contributed by atoms with E-state index in [0.29, 0.717) is 0 Å². The molecular weight excluding hydrogens is 502 g/mol. The van der Waals surface area contributed by atoms with Crippen LogP contribution in [0.25, 0.3) is 0 Å². The first kappa shape index (κ1) is 40.4. The van der Waals surface area contributed by atoms with Crippen LogP contribution in [0.5, 0.6) is 0 Å². The van der Waals surface area contributed by atoms with Crippen LogP contribution in [0.15, 0.2) is 0 Å². The Morgan fingerprint density at radius 1 is 0.390 bits per heavy atom. The molecule has 0 aromatic carbocycles. The average Bonchev–Trinajstić information content (AvgIpc) is 2.94. The monoisotopic (exact) mass is 580 g/mol. The van der Waals surface area contributed by atoms with Gasteiger partial charge in [0, 0.05) is 5.97 Å². The van der Waals surface area contributed by atoms with Gasteiger partial charge in [-0.2, -0.15) is 0 Å². The third kappa shape index (κ3) is 35.5. The van der Waals surface area contributed by atoms with Crippen molar-refractivity contribution < 1.29 is 14.4 Å². The number of carboxylic acid groups (broad SMARTS) is 1. The number of unbranched alkanes of at least 4 members (excludes halogenated alkanes) is 29. The van der Waals surface area contributed by atoms with Crippen molar-refractivity contribution in [3.63, 3.8) is 0 Å². The first-order chi connectivity index (χ1) is 20.0. The predicted octanol–water partition coefficient (Wildman–Crippen LogP) is 11.3. The number of carbonyl (C=O) groups excluding carboxylic acids is 1. The Labute approximate surface area is 259 Å². The summed E-state index contributed by atoms with van der Waals surface area (Å²) in [4.78, 5) is 10.4. The van der Waals surface area contributed by atoms with Gasteiger partial charge in [-0.05, 0) is 38.5 Å². The summed E-state index contributed by atoms with van der Waals surface area (Å²) in [6, 6.07) is 0. The number of hydrogen-bond donors (Lipinski definition) is 0. The fourth-order valence-corrected chi connectivity index (χ4v) is 6.31. The Morgan fingerprint density at radius 3 is 0.854 bits per heavy atom. The van der Waals surface area contributed by atoms with Crippen molar-refractivity contribution in [3.8, 4) is 0 Å². The molecule has 0 atom stereocenters. The molecule has 0 bridgehead atoms. The fourth-order valence-electron chi connectivity index (χ4n) is 6.31. The summed E-state index contributed by atoms with van der Waals surface area (Å²) < 4.78 is 1.22. The van der Waals surface area contributed by atoms with Crippen molar-refractivity contribution in [1.82, 2.24) is 0 Å². The van der Waals surface area contributed by atoms with Gasteiger partial charge in [0.25, 0.3) is 0 Å². The maximum absolute atomic E-state index is 10.4. The lowest BCUT2D eigenvalue weighted by atomic mass is 10.0. The van der Waals surface area contributed by atoms with Crippen LogP contribution >= 0.6 is 0 Å². The van der Waals surface area contributed by atoms with E-state index in [9.17, 15) is 9.90 Å². The number of hydrogen-bond acceptors (Lipinski definition) is 2. The topological polar surface area (TPSA) is 40.1 Å². The molecule has 0 N–H and O–H groups in total. The van der Waals surface area contributed by atoms with Crippen LogP contribution in [0.3, 0.4) is 0 Å². The second kappa shape index (κ2) is 32.3. The molecule has 0 aromatic heterocycles. The minimum atomic E-state index is -0.899. The van der Waals surface area contributed by atoms with Gasteiger partial charge in [-0.25, -0.2) is 0 Å². The van der Waals surface area contributed by atoms with E-state index >= 15 is 0 Å². The van der Waals surface area contributed by atoms with E-state index in [4.69, 9.17) is 0 Å². The summed E-state index contributed by atoms with van der Waals surface area (Å²) in [6.07, 6.45) is 43.2. The van der Waals surface area contributed by atoms with E-state index in [1.165, 1.54) is 204 Å². The molecule has 0 fully saturated rings. The van der Waals surface area contributed by atoms with Crippen LogP contribution in [0, 0.1) is 0 Å². The van der Waals surface area contributed by atoms with Gasteiger partial charge in [0.1, 0.15) is 0 Å². The van der Waals surface area contributed by atoms with E-state index in [-0.39, 0.29) is 6.42 Å². The zero-order valence-corrected chi connectivity index (χ0v) is 28.8. The van der Waals surface area contributed by atoms with Crippen LogP contribution in [0.1, 0.15) is 212 Å². The molecule has 246 valence electrons. The molecule has 0 rings (SSSR count). The van der Waals surface area contributed by atoms with Crippen molar-refractivity contribution in [2.45, 2.75) is 212 Å². The molecule has 0 amide bonds. The van der Waals surface area contributed by atoms with Gasteiger partial charge >= 0.3 is 0 Å². The van der Waals surface area contributed by atoms with Gasteiger partial charge in [-0.3, -0.25) is 0 Å². The van der Waals surface area contributed by atoms with Gasteiger partial charge in [0.05, 0.1) is 27.2 Å². The highest BCUT2D eigenvalue weighted by Gasteiger charge is 2.13. The molecule has 0 heterocycles. The van der Waals surface area contributed by atoms with E-state index in [0.717, 1.165) is 12.8 Å². The number of nitrogens with zero attached hydrogens (tertiary/aromatic N) is 1. The standard InChI is InChI=1S/C38H77NO2/c1-4-5-6-7-8-9-10-11-12-15-18-21-24-27-30-33-36-39(2,3)37-34-31-28-25-22-19-16-13-14-17-20-23-26-29-32-35-38(40)41/h4-37H2,1-3H3. The molecule has 0 saturated heterocycles. The van der Waals surface area contributed by atoms with Gasteiger partial charge in [0.2, 0.25) is 0 Å². The minimum Gasteiger partial charge on any atom is -0.550 e. The van der Waals surface area contributed by atoms with Crippen LogP contribution in [0.4, 0.5) is 0 Å². The third-order valence-corrected chi connectivity index (χ3v) is 9.26. The zero-order valence-electron chi connectivity index (χ0n) is 28.8. The summed E-state index contributed by atoms with van der Waals surface area (Å²) in [7, 11) is 4.89. The molecule has 0 spiro atoms. The quantitative estimate of drug-likeness (QED) is 0.0553. The molecule has 0 aromatic rings. The lowest BCUT2D eigenvalue weighted by molar-refractivity contribution is -0.890. The highest BCUT2D eigenvalue weighted by molar-refractivity contribution is 5.64. The maximum atomic E-state index is 10.4. The Balaban J connectivity index is 3.27. The first-order valence-corrected chi connectivity index (χ1v) is 19.0. The largest absolute Gasteiger partial charge is 0.550 e. The number of carbonyl (C=O) groups is 1. The second-order valence-electron chi connectivity index (χ2n) is 14.1. The highest BCUT2D eigenvalue weighted by Crippen LogP contribution is 2.16. The van der Waals surface area contributed by atoms with Gasteiger partial charge < -0.3 is 14.4 Å². The fraction of sp³-hybridized carbons (Fsp3) is 0.974. The van der Waals surface area contributed by atoms with Crippen LogP contribution in [-0.4, -0.2) is 37.6 Å². The van der Waals surface area contributed by atoms with Gasteiger partial charge in [-0.1, -0.05) is 174 Å². The molecular formula is C38H77NO2. The van der Waals surface area contributed by atoms with Crippen LogP contribution < -0.4 is 5.11 Å². The van der Waals surface area contributed by atoms with Crippen molar-refractivity contribution in [3.05, 3.63) is 0 Å². The van der Waals surface area contributed by atoms with Gasteiger partial charge in [0.15, 0.2) is 0 Å². The van der Waals surface area contributed by atoms with E-state index in [1.54, 1.807) is 0 Å². The Kier molecular flexibility index (Phi) is 31.9. The highest BCUT2D eigenvalue weighted by atomic mass is 16.4. The van der Waals surface area contributed by atoms with Crippen molar-refractivity contribution >= 4 is 5.97 Å². The number of aliphatic carboxylic acids is 1. The normalized spacial score (nSPS) is 11.9. The van der Waals surface area contributed by atoms with Crippen LogP contribution in [0.2, 0.25) is 0 Å². The molecule has 0 saturated carbocycles. The molecule has 3 nitrogen and oxygen atoms in total. The summed E-state index contributed by atoms with van der Waals surface area (Å²) in [5.74, 6) is -0.899. The van der Waals surface area contributed by atoms with Crippen LogP contribution in [-0.2, 0) is 4.79 Å². The average molecular weight is 580 g/mol. The van der Waals surface area contributed by atoms with E-state index < -0.39 is 5.97 Å². The lowest BCUT2D eigenvalue weighted by Gasteiger charge is -2.30. The lowest BCUT2D eigenvalue weighted by Crippen LogP contribution is -2.41. The summed E-state index contributed by atoms with van der Waals surface area (Å²) in [5, 5.41) is 10.4. The molecule has 0 aliphatic carbocycles. The zero-order chi connectivity index (χ0) is 30.1. The molecule has 41 heavy (non-hydrogen) atoms. The second-order valence-corrected chi connectivity index (χ2v) is 14.1. The summed E-state index contributed by atoms with van der Waals surface area (Å²) >= 11 is 0.